The first-order valence-corrected chi connectivity index (χ1v) is 19.2. The van der Waals surface area contributed by atoms with Gasteiger partial charge in [0.2, 0.25) is 0 Å². The van der Waals surface area contributed by atoms with E-state index in [1.54, 1.807) is 0 Å². The molecule has 1 N–H and O–H groups in total. The molecule has 0 spiro atoms. The SMILES string of the molecule is CC.[HH].c1cc(-c2cccc(-c3cccc4c3sc3ccccc34)c2)cc(-c2cccc3c2[nH]c2ccc(-c4cccc5c4oc4ccccc45)cc23)c1. The van der Waals surface area contributed by atoms with E-state index in [1.807, 2.05) is 37.3 Å². The average molecular weight is 700 g/mol. The number of para-hydroxylation sites is 3. The Morgan fingerprint density at radius 3 is 1.83 bits per heavy atom. The van der Waals surface area contributed by atoms with Gasteiger partial charge in [0.05, 0.1) is 5.52 Å². The van der Waals surface area contributed by atoms with Crippen LogP contribution in [-0.2, 0) is 0 Å². The highest BCUT2D eigenvalue weighted by atomic mass is 32.1. The number of nitrogens with one attached hydrogen (secondary N) is 1. The lowest BCUT2D eigenvalue weighted by molar-refractivity contribution is 0.670. The number of thiophene rings is 1. The van der Waals surface area contributed by atoms with Gasteiger partial charge in [-0.25, -0.2) is 0 Å². The van der Waals surface area contributed by atoms with E-state index in [1.165, 1.54) is 64.3 Å². The summed E-state index contributed by atoms with van der Waals surface area (Å²) in [6, 6.07) is 61.4. The minimum Gasteiger partial charge on any atom is -0.455 e. The summed E-state index contributed by atoms with van der Waals surface area (Å²) in [5.74, 6) is 0. The summed E-state index contributed by atoms with van der Waals surface area (Å²) < 4.78 is 9.07. The molecule has 254 valence electrons. The second kappa shape index (κ2) is 12.7. The number of hydrogen-bond acceptors (Lipinski definition) is 2. The fourth-order valence-corrected chi connectivity index (χ4v) is 9.25. The van der Waals surface area contributed by atoms with E-state index in [2.05, 4.69) is 163 Å². The molecule has 0 atom stereocenters. The van der Waals surface area contributed by atoms with Gasteiger partial charge in [0, 0.05) is 59.8 Å². The van der Waals surface area contributed by atoms with Gasteiger partial charge in [-0.05, 0) is 69.8 Å². The molecule has 0 radical (unpaired) electrons. The van der Waals surface area contributed by atoms with E-state index in [9.17, 15) is 0 Å². The third kappa shape index (κ3) is 5.08. The Morgan fingerprint density at radius 1 is 0.434 bits per heavy atom. The summed E-state index contributed by atoms with van der Waals surface area (Å²) >= 11 is 1.88. The average Bonchev–Trinajstić information content (AvgIpc) is 3.93. The highest BCUT2D eigenvalue weighted by Gasteiger charge is 2.16. The highest BCUT2D eigenvalue weighted by Crippen LogP contribution is 2.42. The molecule has 0 aliphatic heterocycles. The lowest BCUT2D eigenvalue weighted by Gasteiger charge is -2.10. The summed E-state index contributed by atoms with van der Waals surface area (Å²) in [6.45, 7) is 4.00. The van der Waals surface area contributed by atoms with Crippen molar-refractivity contribution in [3.05, 3.63) is 170 Å². The van der Waals surface area contributed by atoms with Crippen LogP contribution in [0.15, 0.2) is 174 Å². The largest absolute Gasteiger partial charge is 0.455 e. The van der Waals surface area contributed by atoms with Crippen molar-refractivity contribution in [2.75, 3.05) is 0 Å². The number of furan rings is 1. The summed E-state index contributed by atoms with van der Waals surface area (Å²) in [5, 5.41) is 7.36. The first-order valence-electron chi connectivity index (χ1n) is 18.3. The van der Waals surface area contributed by atoms with E-state index in [0.717, 1.165) is 44.1 Å². The lowest BCUT2D eigenvalue weighted by Crippen LogP contribution is -1.85. The van der Waals surface area contributed by atoms with Crippen molar-refractivity contribution in [3.63, 3.8) is 0 Å². The number of benzene rings is 8. The maximum atomic E-state index is 6.40. The molecular weight excluding hydrogens is 663 g/mol. The highest BCUT2D eigenvalue weighted by molar-refractivity contribution is 7.26. The van der Waals surface area contributed by atoms with Crippen molar-refractivity contribution in [2.24, 2.45) is 0 Å². The van der Waals surface area contributed by atoms with Crippen molar-refractivity contribution < 1.29 is 5.84 Å². The van der Waals surface area contributed by atoms with Crippen molar-refractivity contribution in [1.29, 1.82) is 0 Å². The number of aromatic amines is 1. The number of aromatic nitrogens is 1. The minimum absolute atomic E-state index is 0. The van der Waals surface area contributed by atoms with Crippen molar-refractivity contribution >= 4 is 75.3 Å². The summed E-state index contributed by atoms with van der Waals surface area (Å²) in [7, 11) is 0. The summed E-state index contributed by atoms with van der Waals surface area (Å²) in [5.41, 5.74) is 13.7. The van der Waals surface area contributed by atoms with Gasteiger partial charge < -0.3 is 9.40 Å². The number of rotatable bonds is 4. The maximum absolute atomic E-state index is 6.40. The van der Waals surface area contributed by atoms with Gasteiger partial charge in [0.1, 0.15) is 11.2 Å². The Balaban J connectivity index is 0.00000126. The predicted octanol–water partition coefficient (Wildman–Crippen LogP) is 15.5. The van der Waals surface area contributed by atoms with Gasteiger partial charge in [-0.3, -0.25) is 0 Å². The smallest absolute Gasteiger partial charge is 0.143 e. The zero-order chi connectivity index (χ0) is 35.5. The van der Waals surface area contributed by atoms with Gasteiger partial charge in [-0.1, -0.05) is 147 Å². The normalized spacial score (nSPS) is 11.6. The molecular formula is C50H37NOS. The van der Waals surface area contributed by atoms with Gasteiger partial charge in [-0.15, -0.1) is 11.3 Å². The first kappa shape index (κ1) is 31.3. The lowest BCUT2D eigenvalue weighted by atomic mass is 9.95. The number of H-pyrrole nitrogens is 1. The second-order valence-electron chi connectivity index (χ2n) is 13.3. The van der Waals surface area contributed by atoms with Crippen LogP contribution in [0.4, 0.5) is 0 Å². The molecule has 0 unspecified atom stereocenters. The standard InChI is InChI=1S/C48H29NOS.C2H6.H2/c1-3-22-44-37(14-1)40-20-8-17-35(47(40)50-44)33-24-25-43-42(28-33)39-19-7-16-34(46(39)49-43)31-12-5-10-29(26-31)30-11-6-13-32(27-30)36-18-9-21-41-38-15-2-4-23-45(38)51-48(36)41;1-2;/h1-28,49H;1-2H3;1H. The minimum atomic E-state index is 0. The van der Waals surface area contributed by atoms with Crippen LogP contribution in [0.25, 0.3) is 108 Å². The van der Waals surface area contributed by atoms with E-state index < -0.39 is 0 Å². The Morgan fingerprint density at radius 2 is 1.02 bits per heavy atom. The van der Waals surface area contributed by atoms with Crippen LogP contribution in [0, 0.1) is 0 Å². The number of fused-ring (bicyclic) bond motifs is 9. The molecule has 8 aromatic carbocycles. The van der Waals surface area contributed by atoms with Gasteiger partial charge >= 0.3 is 0 Å². The summed E-state index contributed by atoms with van der Waals surface area (Å²) in [6.07, 6.45) is 0. The molecule has 11 aromatic rings. The van der Waals surface area contributed by atoms with Crippen LogP contribution in [-0.4, -0.2) is 4.98 Å². The Bertz CT molecular complexity index is 3160. The molecule has 0 saturated heterocycles. The third-order valence-corrected chi connectivity index (χ3v) is 11.7. The number of hydrogen-bond donors (Lipinski definition) is 1. The molecule has 0 saturated carbocycles. The Hall–Kier alpha value is -6.42. The van der Waals surface area contributed by atoms with Crippen molar-refractivity contribution in [1.82, 2.24) is 4.98 Å². The molecule has 3 aromatic heterocycles. The Kier molecular flexibility index (Phi) is 7.48. The van der Waals surface area contributed by atoms with Gasteiger partial charge in [-0.2, -0.15) is 0 Å². The van der Waals surface area contributed by atoms with E-state index >= 15 is 0 Å². The monoisotopic (exact) mass is 699 g/mol. The topological polar surface area (TPSA) is 28.9 Å². The quantitative estimate of drug-likeness (QED) is 0.195. The van der Waals surface area contributed by atoms with E-state index in [4.69, 9.17) is 4.42 Å². The molecule has 0 aliphatic rings. The van der Waals surface area contributed by atoms with Crippen LogP contribution >= 0.6 is 11.3 Å². The molecule has 3 heterocycles. The molecule has 53 heavy (non-hydrogen) atoms. The first-order chi connectivity index (χ1) is 26.3. The van der Waals surface area contributed by atoms with Gasteiger partial charge in [0.25, 0.3) is 0 Å². The van der Waals surface area contributed by atoms with Gasteiger partial charge in [0.15, 0.2) is 0 Å². The fourth-order valence-electron chi connectivity index (χ4n) is 8.01. The maximum Gasteiger partial charge on any atom is 0.143 e. The predicted molar refractivity (Wildman–Crippen MR) is 231 cm³/mol. The second-order valence-corrected chi connectivity index (χ2v) is 14.4. The van der Waals surface area contributed by atoms with Crippen LogP contribution in [0.5, 0.6) is 0 Å². The third-order valence-electron chi connectivity index (χ3n) is 10.4. The zero-order valence-corrected chi connectivity index (χ0v) is 30.3. The zero-order valence-electron chi connectivity index (χ0n) is 29.5. The summed E-state index contributed by atoms with van der Waals surface area (Å²) in [4.78, 5) is 3.78. The molecule has 0 fully saturated rings. The van der Waals surface area contributed by atoms with Crippen LogP contribution in [0.3, 0.4) is 0 Å². The molecule has 0 bridgehead atoms. The van der Waals surface area contributed by atoms with Crippen LogP contribution in [0.2, 0.25) is 0 Å². The molecule has 3 heteroatoms. The van der Waals surface area contributed by atoms with Crippen molar-refractivity contribution in [3.8, 4) is 44.5 Å². The van der Waals surface area contributed by atoms with Crippen LogP contribution < -0.4 is 0 Å². The molecule has 2 nitrogen and oxygen atoms in total. The fraction of sp³-hybridized carbons (Fsp3) is 0.0400. The molecule has 0 amide bonds. The molecule has 11 rings (SSSR count). The molecule has 0 aliphatic carbocycles. The van der Waals surface area contributed by atoms with Crippen molar-refractivity contribution in [2.45, 2.75) is 13.8 Å². The van der Waals surface area contributed by atoms with E-state index in [-0.39, 0.29) is 1.43 Å². The van der Waals surface area contributed by atoms with E-state index in [0.29, 0.717) is 0 Å². The van der Waals surface area contributed by atoms with Crippen LogP contribution in [0.1, 0.15) is 15.3 Å². The Labute approximate surface area is 313 Å².